The van der Waals surface area contributed by atoms with Crippen LogP contribution >= 0.6 is 82.5 Å². The molecule has 0 unspecified atom stereocenters. The van der Waals surface area contributed by atoms with Gasteiger partial charge in [-0.1, -0.05) is 91.3 Å². The number of ketones is 2. The van der Waals surface area contributed by atoms with Gasteiger partial charge in [0, 0.05) is 12.8 Å². The molecule has 0 N–H and O–H groups in total. The first-order chi connectivity index (χ1) is 10.5. The van der Waals surface area contributed by atoms with Gasteiger partial charge >= 0.3 is 64.9 Å². The Morgan fingerprint density at radius 3 is 0.760 bits per heavy atom. The molecule has 0 fully saturated rings. The summed E-state index contributed by atoms with van der Waals surface area (Å²) in [5, 5.41) is 0. The number of Topliss-reactive ketones (excluding diaryl/α,β-unsaturated/α-hetero) is 2. The number of hydrogen-bond donors (Lipinski definition) is 0. The third kappa shape index (κ3) is 354. The van der Waals surface area contributed by atoms with E-state index in [2.05, 4.69) is 117 Å². The number of rotatable bonds is 2. The van der Waals surface area contributed by atoms with Gasteiger partial charge in [-0.2, -0.15) is 0 Å². The summed E-state index contributed by atoms with van der Waals surface area (Å²) in [7, 11) is 0. The molecular formula is C18H44I4O2V-. The second kappa shape index (κ2) is 63.2. The van der Waals surface area contributed by atoms with Crippen LogP contribution in [-0.4, -0.2) is 16.0 Å². The Hall–Kier alpha value is 2.84. The monoisotopic (exact) mass is 851 g/mol. The third-order valence-electron chi connectivity index (χ3n) is 0.996. The summed E-state index contributed by atoms with van der Waals surface area (Å²) in [4.78, 5) is 19.3. The van der Waals surface area contributed by atoms with Crippen LogP contribution in [0.2, 0.25) is 0 Å². The van der Waals surface area contributed by atoms with Crippen molar-refractivity contribution in [2.24, 2.45) is 0 Å². The van der Waals surface area contributed by atoms with E-state index in [0.29, 0.717) is 12.8 Å². The summed E-state index contributed by atoms with van der Waals surface area (Å²) in [6, 6.07) is 0. The predicted molar refractivity (Wildman–Crippen MR) is 154 cm³/mol. The van der Waals surface area contributed by atoms with Crippen LogP contribution in [0, 0.1) is 7.43 Å². The molecule has 7 heteroatoms. The number of carbonyl (C=O) groups excluding carboxylic acids is 2. The molecule has 0 heterocycles. The quantitative estimate of drug-likeness (QED) is 0.158. The fraction of sp³-hybridized carbons (Fsp3) is 0.833. The number of alkyl halides is 1. The van der Waals surface area contributed by atoms with Gasteiger partial charge in [0.1, 0.15) is 11.6 Å². The van der Waals surface area contributed by atoms with E-state index in [1.54, 1.807) is 13.8 Å². The van der Waals surface area contributed by atoms with Crippen molar-refractivity contribution in [2.45, 2.75) is 95.4 Å². The van der Waals surface area contributed by atoms with Gasteiger partial charge in [0.2, 0.25) is 0 Å². The molecule has 0 aromatic carbocycles. The number of hydrogen-bond acceptors (Lipinski definition) is 2. The van der Waals surface area contributed by atoms with Crippen molar-refractivity contribution in [2.75, 3.05) is 4.43 Å². The van der Waals surface area contributed by atoms with Gasteiger partial charge < -0.3 is 17.0 Å². The zero-order chi connectivity index (χ0) is 20.3. The second-order valence-electron chi connectivity index (χ2n) is 3.98. The van der Waals surface area contributed by atoms with Crippen LogP contribution in [0.4, 0.5) is 0 Å². The molecule has 2 nitrogen and oxygen atoms in total. The molecule has 0 aliphatic rings. The Labute approximate surface area is 212 Å². The third-order valence-corrected chi connectivity index (χ3v) is 0.996. The Bertz CT molecular complexity index is 172. The molecule has 0 atom stereocenters. The van der Waals surface area contributed by atoms with Crippen LogP contribution in [0.3, 0.4) is 0 Å². The van der Waals surface area contributed by atoms with Crippen LogP contribution in [0.25, 0.3) is 0 Å². The predicted octanol–water partition coefficient (Wildman–Crippen LogP) is 9.99. The van der Waals surface area contributed by atoms with Crippen molar-refractivity contribution in [3.63, 3.8) is 0 Å². The first kappa shape index (κ1) is 51.0. The summed E-state index contributed by atoms with van der Waals surface area (Å²) >= 11 is 9.68. The topological polar surface area (TPSA) is 34.1 Å². The second-order valence-corrected chi connectivity index (χ2v) is 40.9. The molecule has 0 aliphatic heterocycles. The van der Waals surface area contributed by atoms with E-state index in [-0.39, 0.29) is 31.3 Å². The molecule has 0 spiro atoms. The van der Waals surface area contributed by atoms with E-state index >= 15 is 0 Å². The van der Waals surface area contributed by atoms with Gasteiger partial charge in [0.05, 0.1) is 0 Å². The molecule has 162 valence electrons. The summed E-state index contributed by atoms with van der Waals surface area (Å²) in [6.07, 6.45) is 3.83. The van der Waals surface area contributed by atoms with Gasteiger partial charge in [-0.3, -0.25) is 0 Å². The summed E-state index contributed by atoms with van der Waals surface area (Å²) in [5.74, 6) is 0.509. The molecule has 0 aromatic heterocycles. The maximum absolute atomic E-state index is 9.81. The summed E-state index contributed by atoms with van der Waals surface area (Å²) < 4.78 is 1.22. The van der Waals surface area contributed by atoms with Crippen LogP contribution in [0.5, 0.6) is 0 Å². The molecule has 0 bridgehead atoms. The van der Waals surface area contributed by atoms with Gasteiger partial charge in [-0.05, 0) is 18.3 Å². The first-order valence-corrected chi connectivity index (χ1v) is 22.9. The molecule has 0 radical (unpaired) electrons. The maximum atomic E-state index is 9.81. The number of halogens is 4. The number of carbonyl (C=O) groups is 2. The van der Waals surface area contributed by atoms with E-state index in [1.165, 1.54) is 17.3 Å². The van der Waals surface area contributed by atoms with Crippen LogP contribution < -0.4 is 0 Å². The molecular weight excluding hydrogens is 807 g/mol. The normalized spacial score (nSPS) is 6.64. The zero-order valence-electron chi connectivity index (χ0n) is 17.3. The summed E-state index contributed by atoms with van der Waals surface area (Å²) in [5.41, 5.74) is 0. The Balaban J connectivity index is -0.0000000231. The Morgan fingerprint density at radius 2 is 0.760 bits per heavy atom. The summed E-state index contributed by atoms with van der Waals surface area (Å²) in [6.45, 7) is 17.5. The van der Waals surface area contributed by atoms with E-state index in [0.717, 1.165) is 0 Å². The molecule has 0 saturated heterocycles. The van der Waals surface area contributed by atoms with Crippen molar-refractivity contribution in [1.29, 1.82) is 0 Å². The van der Waals surface area contributed by atoms with Crippen LogP contribution in [0.1, 0.15) is 95.4 Å². The average Bonchev–Trinajstić information content (AvgIpc) is 2.41. The van der Waals surface area contributed by atoms with Gasteiger partial charge in [0.25, 0.3) is 0 Å². The Morgan fingerprint density at radius 1 is 0.720 bits per heavy atom. The molecule has 0 rings (SSSR count). The first-order valence-electron chi connectivity index (χ1n) is 7.84. The van der Waals surface area contributed by atoms with Crippen molar-refractivity contribution in [3.05, 3.63) is 7.43 Å². The molecule has 0 aromatic rings. The van der Waals surface area contributed by atoms with Crippen molar-refractivity contribution in [3.8, 4) is 0 Å². The van der Waals surface area contributed by atoms with E-state index in [1.807, 2.05) is 13.8 Å². The minimum atomic E-state index is -0.278. The average molecular weight is 851 g/mol. The van der Waals surface area contributed by atoms with Crippen molar-refractivity contribution >= 4 is 94.1 Å². The minimum absolute atomic E-state index is 0. The molecule has 0 saturated carbocycles. The zero-order valence-corrected chi connectivity index (χ0v) is 27.3. The van der Waals surface area contributed by atoms with Gasteiger partial charge in [0.15, 0.2) is 0 Å². The van der Waals surface area contributed by atoms with Gasteiger partial charge in [-0.25, -0.2) is 0 Å². The Kier molecular flexibility index (Phi) is 129. The fourth-order valence-electron chi connectivity index (χ4n) is 0. The van der Waals surface area contributed by atoms with E-state index in [9.17, 15) is 9.59 Å². The van der Waals surface area contributed by atoms with E-state index in [4.69, 9.17) is 0 Å². The standard InChI is InChI=1S/2C4H8O.2C3H8.C2H5I.CH4.CH3.3HI.V/c2*1-3-4(2)5;2*1-3-2;1-2-3;;;;;;/h2*3H2,1-2H3;2*3H2,1-2H3;2H2,1H3;1H4;1H3;3*1H;/q;;;;;;-1;;;;+3/p-3. The fourth-order valence-corrected chi connectivity index (χ4v) is 0. The van der Waals surface area contributed by atoms with Crippen molar-refractivity contribution < 1.29 is 14.5 Å². The molecule has 0 aliphatic carbocycles. The van der Waals surface area contributed by atoms with E-state index < -0.39 is 0 Å². The van der Waals surface area contributed by atoms with Crippen molar-refractivity contribution in [1.82, 2.24) is 0 Å². The molecule has 0 amide bonds. The van der Waals surface area contributed by atoms with Gasteiger partial charge in [-0.15, -0.1) is 0 Å². The molecule has 25 heavy (non-hydrogen) atoms. The SMILES string of the molecule is C.CCC.CCC.CCC(C)=O.CCC(C)=O.CCI.[CH3-].[I][V]([I])[I]. The van der Waals surface area contributed by atoms with Crippen LogP contribution in [0.15, 0.2) is 0 Å². The van der Waals surface area contributed by atoms with Crippen LogP contribution in [-0.2, 0) is 14.5 Å².